The first-order valence-electron chi connectivity index (χ1n) is 4.69. The summed E-state index contributed by atoms with van der Waals surface area (Å²) in [6.07, 6.45) is 1.46. The Kier molecular flexibility index (Phi) is 3.84. The molecule has 0 aliphatic heterocycles. The molecule has 0 heterocycles. The number of hydrogen-bond donors (Lipinski definition) is 1. The number of benzene rings is 1. The van der Waals surface area contributed by atoms with Crippen LogP contribution in [0.5, 0.6) is 0 Å². The van der Waals surface area contributed by atoms with E-state index in [4.69, 9.17) is 5.73 Å². The minimum absolute atomic E-state index is 0.161. The van der Waals surface area contributed by atoms with Crippen molar-refractivity contribution in [3.8, 4) is 0 Å². The predicted molar refractivity (Wildman–Crippen MR) is 62.4 cm³/mol. The van der Waals surface area contributed by atoms with Crippen LogP contribution in [0, 0.1) is 0 Å². The Morgan fingerprint density at radius 3 is 2.31 bits per heavy atom. The van der Waals surface area contributed by atoms with E-state index in [0.29, 0.717) is 0 Å². The average molecular weight is 239 g/mol. The van der Waals surface area contributed by atoms with Crippen LogP contribution in [-0.4, -0.2) is 20.1 Å². The van der Waals surface area contributed by atoms with E-state index < -0.39 is 15.7 Å². The average Bonchev–Trinajstić information content (AvgIpc) is 2.27. The smallest absolute Gasteiger partial charge is 0.218 e. The summed E-state index contributed by atoms with van der Waals surface area (Å²) in [5, 5.41) is 0. The first-order valence-corrected chi connectivity index (χ1v) is 6.34. The van der Waals surface area contributed by atoms with Gasteiger partial charge in [0.2, 0.25) is 5.91 Å². The van der Waals surface area contributed by atoms with Gasteiger partial charge in [0.15, 0.2) is 9.84 Å². The second-order valence-electron chi connectivity index (χ2n) is 3.31. The molecule has 86 valence electrons. The maximum absolute atomic E-state index is 11.7. The molecule has 1 aromatic rings. The van der Waals surface area contributed by atoms with Gasteiger partial charge in [-0.25, -0.2) is 8.42 Å². The van der Waals surface area contributed by atoms with Gasteiger partial charge in [0.1, 0.15) is 0 Å². The van der Waals surface area contributed by atoms with E-state index in [1.54, 1.807) is 18.2 Å². The lowest BCUT2D eigenvalue weighted by molar-refractivity contribution is -0.117. The topological polar surface area (TPSA) is 77.2 Å². The molecule has 16 heavy (non-hydrogen) atoms. The van der Waals surface area contributed by atoms with Gasteiger partial charge in [0.05, 0.1) is 10.6 Å². The van der Waals surface area contributed by atoms with Gasteiger partial charge in [-0.1, -0.05) is 24.8 Å². The van der Waals surface area contributed by atoms with Gasteiger partial charge in [-0.05, 0) is 17.7 Å². The Balaban J connectivity index is 2.89. The van der Waals surface area contributed by atoms with E-state index >= 15 is 0 Å². The molecule has 1 rings (SSSR count). The minimum Gasteiger partial charge on any atom is -0.370 e. The lowest BCUT2D eigenvalue weighted by atomic mass is 10.2. The molecule has 4 nitrogen and oxygen atoms in total. The molecule has 0 spiro atoms. The van der Waals surface area contributed by atoms with Crippen molar-refractivity contribution in [3.05, 3.63) is 36.4 Å². The monoisotopic (exact) mass is 239 g/mol. The summed E-state index contributed by atoms with van der Waals surface area (Å²) in [6.45, 7) is 3.57. The second-order valence-corrected chi connectivity index (χ2v) is 5.42. The van der Waals surface area contributed by atoms with E-state index in [-0.39, 0.29) is 17.1 Å². The van der Waals surface area contributed by atoms with Crippen molar-refractivity contribution >= 4 is 21.8 Å². The zero-order chi connectivity index (χ0) is 12.2. The molecule has 0 aliphatic carbocycles. The summed E-state index contributed by atoms with van der Waals surface area (Å²) in [5.74, 6) is -0.873. The molecule has 5 heteroatoms. The highest BCUT2D eigenvalue weighted by molar-refractivity contribution is 7.91. The summed E-state index contributed by atoms with van der Waals surface area (Å²) in [4.78, 5) is 10.7. The van der Waals surface area contributed by atoms with Gasteiger partial charge in [0, 0.05) is 6.42 Å². The van der Waals surface area contributed by atoms with Crippen LogP contribution in [0.15, 0.2) is 35.7 Å². The summed E-state index contributed by atoms with van der Waals surface area (Å²) in [5.41, 5.74) is 5.75. The SMILES string of the molecule is C=Cc1ccc(S(=O)(=O)CCC(N)=O)cc1. The number of rotatable bonds is 5. The van der Waals surface area contributed by atoms with Crippen LogP contribution in [-0.2, 0) is 14.6 Å². The normalized spacial score (nSPS) is 11.0. The molecule has 0 fully saturated rings. The zero-order valence-corrected chi connectivity index (χ0v) is 9.53. The summed E-state index contributed by atoms with van der Waals surface area (Å²) >= 11 is 0. The number of hydrogen-bond acceptors (Lipinski definition) is 3. The highest BCUT2D eigenvalue weighted by atomic mass is 32.2. The first kappa shape index (κ1) is 12.4. The van der Waals surface area contributed by atoms with Gasteiger partial charge in [-0.2, -0.15) is 0 Å². The number of amides is 1. The third kappa shape index (κ3) is 3.20. The zero-order valence-electron chi connectivity index (χ0n) is 8.72. The molecular formula is C11H13NO3S. The standard InChI is InChI=1S/C11H13NO3S/c1-2-9-3-5-10(6-4-9)16(14,15)8-7-11(12)13/h2-6H,1,7-8H2,(H2,12,13). The van der Waals surface area contributed by atoms with Crippen molar-refractivity contribution in [1.29, 1.82) is 0 Å². The third-order valence-electron chi connectivity index (χ3n) is 2.09. The van der Waals surface area contributed by atoms with E-state index in [1.165, 1.54) is 12.1 Å². The molecule has 1 amide bonds. The van der Waals surface area contributed by atoms with Crippen LogP contribution >= 0.6 is 0 Å². The Labute approximate surface area is 94.7 Å². The summed E-state index contributed by atoms with van der Waals surface area (Å²) in [7, 11) is -3.42. The molecule has 0 bridgehead atoms. The quantitative estimate of drug-likeness (QED) is 0.832. The van der Waals surface area contributed by atoms with E-state index in [2.05, 4.69) is 6.58 Å². The maximum atomic E-state index is 11.7. The van der Waals surface area contributed by atoms with Gasteiger partial charge in [0.25, 0.3) is 0 Å². The van der Waals surface area contributed by atoms with Crippen LogP contribution in [0.3, 0.4) is 0 Å². The first-order chi connectivity index (χ1) is 7.45. The lowest BCUT2D eigenvalue weighted by Crippen LogP contribution is -2.17. The molecule has 0 atom stereocenters. The second kappa shape index (κ2) is 4.94. The number of sulfone groups is 1. The van der Waals surface area contributed by atoms with Crippen LogP contribution in [0.4, 0.5) is 0 Å². The van der Waals surface area contributed by atoms with Crippen molar-refractivity contribution in [2.45, 2.75) is 11.3 Å². The van der Waals surface area contributed by atoms with E-state index in [0.717, 1.165) is 5.56 Å². The molecular weight excluding hydrogens is 226 g/mol. The van der Waals surface area contributed by atoms with Gasteiger partial charge in [-0.3, -0.25) is 4.79 Å². The third-order valence-corrected chi connectivity index (χ3v) is 3.82. The largest absolute Gasteiger partial charge is 0.370 e. The highest BCUT2D eigenvalue weighted by Gasteiger charge is 2.14. The number of primary amides is 1. The predicted octanol–water partition coefficient (Wildman–Crippen LogP) is 0.979. The number of carbonyl (C=O) groups excluding carboxylic acids is 1. The molecule has 0 aliphatic rings. The van der Waals surface area contributed by atoms with E-state index in [9.17, 15) is 13.2 Å². The summed E-state index contributed by atoms with van der Waals surface area (Å²) in [6, 6.07) is 6.30. The van der Waals surface area contributed by atoms with E-state index in [1.807, 2.05) is 0 Å². The van der Waals surface area contributed by atoms with Crippen molar-refractivity contribution in [2.75, 3.05) is 5.75 Å². The van der Waals surface area contributed by atoms with Crippen LogP contribution < -0.4 is 5.73 Å². The Bertz CT molecular complexity index is 488. The maximum Gasteiger partial charge on any atom is 0.218 e. The Morgan fingerprint density at radius 2 is 1.88 bits per heavy atom. The summed E-state index contributed by atoms with van der Waals surface area (Å²) < 4.78 is 23.4. The fourth-order valence-electron chi connectivity index (χ4n) is 1.16. The fraction of sp³-hybridized carbons (Fsp3) is 0.182. The molecule has 0 unspecified atom stereocenters. The fourth-order valence-corrected chi connectivity index (χ4v) is 2.42. The molecule has 0 radical (unpaired) electrons. The number of carbonyl (C=O) groups is 1. The minimum atomic E-state index is -3.42. The van der Waals surface area contributed by atoms with Crippen LogP contribution in [0.2, 0.25) is 0 Å². The molecule has 1 aromatic carbocycles. The van der Waals surface area contributed by atoms with Crippen molar-refractivity contribution in [1.82, 2.24) is 0 Å². The Hall–Kier alpha value is -1.62. The Morgan fingerprint density at radius 1 is 1.31 bits per heavy atom. The van der Waals surface area contributed by atoms with Gasteiger partial charge < -0.3 is 5.73 Å². The highest BCUT2D eigenvalue weighted by Crippen LogP contribution is 2.13. The molecule has 0 saturated heterocycles. The van der Waals surface area contributed by atoms with Gasteiger partial charge >= 0.3 is 0 Å². The number of nitrogens with two attached hydrogens (primary N) is 1. The molecule has 2 N–H and O–H groups in total. The molecule has 0 aromatic heterocycles. The molecule has 0 saturated carbocycles. The van der Waals surface area contributed by atoms with Gasteiger partial charge in [-0.15, -0.1) is 0 Å². The van der Waals surface area contributed by atoms with Crippen LogP contribution in [0.1, 0.15) is 12.0 Å². The van der Waals surface area contributed by atoms with Crippen molar-refractivity contribution in [2.24, 2.45) is 5.73 Å². The lowest BCUT2D eigenvalue weighted by Gasteiger charge is -2.03. The van der Waals surface area contributed by atoms with Crippen LogP contribution in [0.25, 0.3) is 6.08 Å². The van der Waals surface area contributed by atoms with Crippen molar-refractivity contribution in [3.63, 3.8) is 0 Å². The van der Waals surface area contributed by atoms with Crippen molar-refractivity contribution < 1.29 is 13.2 Å².